The van der Waals surface area contributed by atoms with Gasteiger partial charge in [0.1, 0.15) is 15.5 Å². The number of ether oxygens (including phenoxy) is 1. The summed E-state index contributed by atoms with van der Waals surface area (Å²) in [6, 6.07) is 0.399. The monoisotopic (exact) mass is 382 g/mol. The van der Waals surface area contributed by atoms with E-state index in [9.17, 15) is 4.79 Å². The van der Waals surface area contributed by atoms with E-state index in [2.05, 4.69) is 33.9 Å². The molecule has 2 aromatic heterocycles. The van der Waals surface area contributed by atoms with E-state index in [4.69, 9.17) is 16.3 Å². The summed E-state index contributed by atoms with van der Waals surface area (Å²) in [6.45, 7) is 6.20. The average Bonchev–Trinajstić information content (AvgIpc) is 2.91. The second-order valence-electron chi connectivity index (χ2n) is 6.42. The molecule has 1 saturated heterocycles. The molecule has 0 radical (unpaired) electrons. The van der Waals surface area contributed by atoms with E-state index in [1.165, 1.54) is 11.3 Å². The maximum Gasteiger partial charge on any atom is 0.348 e. The van der Waals surface area contributed by atoms with Gasteiger partial charge in [0.25, 0.3) is 0 Å². The van der Waals surface area contributed by atoms with Gasteiger partial charge in [-0.15, -0.1) is 11.3 Å². The van der Waals surface area contributed by atoms with E-state index in [1.807, 2.05) is 6.92 Å². The number of halogens is 1. The Labute approximate surface area is 156 Å². The summed E-state index contributed by atoms with van der Waals surface area (Å²) in [4.78, 5) is 26.9. The lowest BCUT2D eigenvalue weighted by molar-refractivity contribution is 0.0531. The first-order chi connectivity index (χ1) is 11.9. The second-order valence-corrected chi connectivity index (χ2v) is 7.76. The van der Waals surface area contributed by atoms with Crippen molar-refractivity contribution in [2.24, 2.45) is 0 Å². The van der Waals surface area contributed by atoms with Crippen LogP contribution in [0.1, 0.15) is 35.0 Å². The van der Waals surface area contributed by atoms with E-state index in [-0.39, 0.29) is 11.3 Å². The molecular weight excluding hydrogens is 360 g/mol. The normalized spacial score (nSPS) is 16.4. The molecule has 0 N–H and O–H groups in total. The Morgan fingerprint density at radius 1 is 1.40 bits per heavy atom. The molecule has 2 aromatic rings. The number of esters is 1. The third kappa shape index (κ3) is 3.59. The van der Waals surface area contributed by atoms with Crippen molar-refractivity contribution >= 4 is 44.9 Å². The summed E-state index contributed by atoms with van der Waals surface area (Å²) in [5.41, 5.74) is 0.866. The number of thiophene rings is 1. The Morgan fingerprint density at radius 2 is 2.08 bits per heavy atom. The minimum Gasteiger partial charge on any atom is -0.462 e. The van der Waals surface area contributed by atoms with Gasteiger partial charge in [-0.3, -0.25) is 0 Å². The molecule has 8 heteroatoms. The van der Waals surface area contributed by atoms with Crippen LogP contribution in [0.3, 0.4) is 0 Å². The third-order valence-electron chi connectivity index (χ3n) is 4.77. The zero-order chi connectivity index (χ0) is 18.1. The van der Waals surface area contributed by atoms with Crippen molar-refractivity contribution in [1.82, 2.24) is 14.9 Å². The molecule has 0 aliphatic carbocycles. The zero-order valence-corrected chi connectivity index (χ0v) is 16.6. The van der Waals surface area contributed by atoms with Crippen molar-refractivity contribution in [1.29, 1.82) is 0 Å². The fraction of sp³-hybridized carbons (Fsp3) is 0.588. The Morgan fingerprint density at radius 3 is 2.72 bits per heavy atom. The molecule has 0 unspecified atom stereocenters. The summed E-state index contributed by atoms with van der Waals surface area (Å²) in [6.07, 6.45) is 2.15. The highest BCUT2D eigenvalue weighted by Gasteiger charge is 2.27. The Hall–Kier alpha value is -1.44. The fourth-order valence-corrected chi connectivity index (χ4v) is 4.58. The molecule has 3 heterocycles. The minimum atomic E-state index is -0.313. The van der Waals surface area contributed by atoms with Gasteiger partial charge in [0.05, 0.1) is 12.0 Å². The SMILES string of the molecule is CCOC(=O)c1sc2nc(Cl)nc(N(C)C3CCN(C)CC3)c2c1C. The molecule has 0 aromatic carbocycles. The van der Waals surface area contributed by atoms with Crippen LogP contribution in [0.25, 0.3) is 10.2 Å². The van der Waals surface area contributed by atoms with Crippen LogP contribution in [-0.2, 0) is 4.74 Å². The first-order valence-corrected chi connectivity index (χ1v) is 9.67. The predicted molar refractivity (Wildman–Crippen MR) is 102 cm³/mol. The topological polar surface area (TPSA) is 58.6 Å². The highest BCUT2D eigenvalue weighted by Crippen LogP contribution is 2.37. The maximum absolute atomic E-state index is 12.2. The van der Waals surface area contributed by atoms with Crippen molar-refractivity contribution in [3.8, 4) is 0 Å². The van der Waals surface area contributed by atoms with E-state index in [0.717, 1.165) is 47.5 Å². The average molecular weight is 383 g/mol. The van der Waals surface area contributed by atoms with Gasteiger partial charge in [-0.2, -0.15) is 4.98 Å². The molecule has 1 aliphatic rings. The van der Waals surface area contributed by atoms with Crippen LogP contribution in [-0.4, -0.2) is 60.7 Å². The number of aromatic nitrogens is 2. The Bertz CT molecular complexity index is 787. The largest absolute Gasteiger partial charge is 0.462 e. The summed E-state index contributed by atoms with van der Waals surface area (Å²) in [5, 5.41) is 1.11. The summed E-state index contributed by atoms with van der Waals surface area (Å²) < 4.78 is 5.17. The van der Waals surface area contributed by atoms with Gasteiger partial charge in [0.15, 0.2) is 0 Å². The number of anilines is 1. The number of hydrogen-bond donors (Lipinski definition) is 0. The van der Waals surface area contributed by atoms with Gasteiger partial charge in [-0.1, -0.05) is 0 Å². The van der Waals surface area contributed by atoms with E-state index >= 15 is 0 Å². The molecule has 1 aliphatic heterocycles. The lowest BCUT2D eigenvalue weighted by atomic mass is 10.0. The lowest BCUT2D eigenvalue weighted by Gasteiger charge is -2.36. The first-order valence-electron chi connectivity index (χ1n) is 8.47. The zero-order valence-electron chi connectivity index (χ0n) is 15.0. The van der Waals surface area contributed by atoms with Gasteiger partial charge in [-0.05, 0) is 64.0 Å². The van der Waals surface area contributed by atoms with Gasteiger partial charge < -0.3 is 14.5 Å². The number of carbonyl (C=O) groups is 1. The number of piperidine rings is 1. The first kappa shape index (κ1) is 18.4. The van der Waals surface area contributed by atoms with Crippen LogP contribution >= 0.6 is 22.9 Å². The smallest absolute Gasteiger partial charge is 0.348 e. The van der Waals surface area contributed by atoms with Crippen molar-refractivity contribution in [3.05, 3.63) is 15.7 Å². The quantitative estimate of drug-likeness (QED) is 0.597. The molecule has 0 bridgehead atoms. The van der Waals surface area contributed by atoms with Crippen LogP contribution in [0, 0.1) is 6.92 Å². The third-order valence-corrected chi connectivity index (χ3v) is 6.11. The summed E-state index contributed by atoms with van der Waals surface area (Å²) >= 11 is 7.49. The summed E-state index contributed by atoms with van der Waals surface area (Å²) in [5.74, 6) is 0.487. The number of fused-ring (bicyclic) bond motifs is 1. The van der Waals surface area contributed by atoms with Gasteiger partial charge in [-0.25, -0.2) is 9.78 Å². The fourth-order valence-electron chi connectivity index (χ4n) is 3.29. The van der Waals surface area contributed by atoms with Gasteiger partial charge >= 0.3 is 5.97 Å². The van der Waals surface area contributed by atoms with Crippen LogP contribution in [0.4, 0.5) is 5.82 Å². The van der Waals surface area contributed by atoms with Crippen molar-refractivity contribution in [3.63, 3.8) is 0 Å². The highest BCUT2D eigenvalue weighted by molar-refractivity contribution is 7.20. The van der Waals surface area contributed by atoms with Crippen LogP contribution < -0.4 is 4.90 Å². The molecule has 0 saturated carbocycles. The maximum atomic E-state index is 12.2. The van der Waals surface area contributed by atoms with E-state index < -0.39 is 0 Å². The molecule has 0 amide bonds. The van der Waals surface area contributed by atoms with Crippen molar-refractivity contribution < 1.29 is 9.53 Å². The highest BCUT2D eigenvalue weighted by atomic mass is 35.5. The lowest BCUT2D eigenvalue weighted by Crippen LogP contribution is -2.42. The van der Waals surface area contributed by atoms with E-state index in [1.54, 1.807) is 6.92 Å². The number of likely N-dealkylation sites (tertiary alicyclic amines) is 1. The standard InChI is InChI=1S/C17H23ClN4O2S/c1-5-24-16(23)13-10(2)12-14(19-17(18)20-15(12)25-13)22(4)11-6-8-21(3)9-7-11/h11H,5-9H2,1-4H3. The van der Waals surface area contributed by atoms with Crippen LogP contribution in [0.15, 0.2) is 0 Å². The van der Waals surface area contributed by atoms with Crippen LogP contribution in [0.2, 0.25) is 5.28 Å². The Kier molecular flexibility index (Phi) is 5.46. The number of aryl methyl sites for hydroxylation is 1. The van der Waals surface area contributed by atoms with E-state index in [0.29, 0.717) is 17.5 Å². The molecule has 6 nitrogen and oxygen atoms in total. The molecular formula is C17H23ClN4O2S. The molecule has 3 rings (SSSR count). The number of carbonyl (C=O) groups excluding carboxylic acids is 1. The summed E-state index contributed by atoms with van der Waals surface area (Å²) in [7, 11) is 4.19. The number of rotatable bonds is 4. The number of nitrogens with zero attached hydrogens (tertiary/aromatic N) is 4. The molecule has 1 fully saturated rings. The van der Waals surface area contributed by atoms with Gasteiger partial charge in [0, 0.05) is 13.1 Å². The molecule has 0 atom stereocenters. The molecule has 25 heavy (non-hydrogen) atoms. The second kappa shape index (κ2) is 7.43. The molecule has 136 valence electrons. The van der Waals surface area contributed by atoms with Crippen LogP contribution in [0.5, 0.6) is 0 Å². The van der Waals surface area contributed by atoms with Gasteiger partial charge in [0.2, 0.25) is 5.28 Å². The van der Waals surface area contributed by atoms with Crippen molar-refractivity contribution in [2.75, 3.05) is 38.7 Å². The minimum absolute atomic E-state index is 0.207. The van der Waals surface area contributed by atoms with Crippen molar-refractivity contribution in [2.45, 2.75) is 32.7 Å². The predicted octanol–water partition coefficient (Wildman–Crippen LogP) is 3.36. The molecule has 0 spiro atoms. The number of hydrogen-bond acceptors (Lipinski definition) is 7. The Balaban J connectivity index is 2.03.